The van der Waals surface area contributed by atoms with Gasteiger partial charge in [0.1, 0.15) is 5.82 Å². The Hall–Kier alpha value is -1.29. The number of anilines is 1. The van der Waals surface area contributed by atoms with Crippen molar-refractivity contribution >= 4 is 23.4 Å². The molecule has 0 spiro atoms. The molecule has 1 aromatic carbocycles. The van der Waals surface area contributed by atoms with E-state index < -0.39 is 11.9 Å². The summed E-state index contributed by atoms with van der Waals surface area (Å²) in [5.41, 5.74) is -0.0731. The van der Waals surface area contributed by atoms with Crippen molar-refractivity contribution in [1.29, 1.82) is 0 Å². The van der Waals surface area contributed by atoms with E-state index in [0.717, 1.165) is 0 Å². The molecular formula is C8H7ClFNO2. The molecule has 5 heteroatoms. The maximum absolute atomic E-state index is 13.0. The van der Waals surface area contributed by atoms with Crippen LogP contribution in [0.1, 0.15) is 0 Å². The normalized spacial score (nSPS) is 9.46. The Labute approximate surface area is 79.5 Å². The third-order valence-corrected chi connectivity index (χ3v) is 1.69. The number of para-hydroxylation sites is 1. The molecule has 1 aromatic rings. The average molecular weight is 204 g/mol. The molecule has 1 amide bonds. The van der Waals surface area contributed by atoms with Crippen LogP contribution in [-0.2, 0) is 4.74 Å². The third-order valence-electron chi connectivity index (χ3n) is 1.38. The van der Waals surface area contributed by atoms with Crippen LogP contribution in [0.15, 0.2) is 18.2 Å². The molecule has 0 heterocycles. The zero-order valence-corrected chi connectivity index (χ0v) is 7.56. The molecule has 0 atom stereocenters. The number of rotatable bonds is 1. The van der Waals surface area contributed by atoms with Gasteiger partial charge in [0, 0.05) is 0 Å². The second-order valence-electron chi connectivity index (χ2n) is 2.21. The fourth-order valence-corrected chi connectivity index (χ4v) is 0.981. The highest BCUT2D eigenvalue weighted by atomic mass is 35.5. The molecule has 0 fully saturated rings. The Bertz CT molecular complexity index is 310. The number of ether oxygens (including phenoxy) is 1. The number of carbonyl (C=O) groups is 1. The molecule has 0 aliphatic carbocycles. The minimum Gasteiger partial charge on any atom is -0.453 e. The van der Waals surface area contributed by atoms with Crippen molar-refractivity contribution in [2.45, 2.75) is 0 Å². The molecule has 0 aromatic heterocycles. The SMILES string of the molecule is COC(=O)Nc1c(F)cccc1Cl. The van der Waals surface area contributed by atoms with Crippen LogP contribution < -0.4 is 5.32 Å². The lowest BCUT2D eigenvalue weighted by Crippen LogP contribution is -2.12. The predicted octanol–water partition coefficient (Wildman–Crippen LogP) is 2.66. The number of hydrogen-bond acceptors (Lipinski definition) is 2. The van der Waals surface area contributed by atoms with E-state index in [9.17, 15) is 9.18 Å². The van der Waals surface area contributed by atoms with Crippen LogP contribution in [0, 0.1) is 5.82 Å². The molecular weight excluding hydrogens is 197 g/mol. The van der Waals surface area contributed by atoms with Gasteiger partial charge in [-0.05, 0) is 12.1 Å². The third kappa shape index (κ3) is 2.32. The van der Waals surface area contributed by atoms with Gasteiger partial charge in [0.25, 0.3) is 0 Å². The first-order chi connectivity index (χ1) is 6.15. The number of hydrogen-bond donors (Lipinski definition) is 1. The number of halogens is 2. The lowest BCUT2D eigenvalue weighted by Gasteiger charge is -2.05. The van der Waals surface area contributed by atoms with Crippen molar-refractivity contribution < 1.29 is 13.9 Å². The van der Waals surface area contributed by atoms with Gasteiger partial charge in [-0.2, -0.15) is 0 Å². The Morgan fingerprint density at radius 1 is 1.62 bits per heavy atom. The Balaban J connectivity index is 2.93. The lowest BCUT2D eigenvalue weighted by molar-refractivity contribution is 0.187. The molecule has 3 nitrogen and oxygen atoms in total. The molecule has 70 valence electrons. The topological polar surface area (TPSA) is 38.3 Å². The van der Waals surface area contributed by atoms with E-state index in [2.05, 4.69) is 10.1 Å². The van der Waals surface area contributed by atoms with Crippen LogP contribution in [0.3, 0.4) is 0 Å². The summed E-state index contributed by atoms with van der Waals surface area (Å²) in [5.74, 6) is -0.599. The molecule has 1 rings (SSSR count). The van der Waals surface area contributed by atoms with Crippen molar-refractivity contribution in [3.8, 4) is 0 Å². The van der Waals surface area contributed by atoms with Crippen LogP contribution in [0.5, 0.6) is 0 Å². The number of methoxy groups -OCH3 is 1. The number of carbonyl (C=O) groups excluding carboxylic acids is 1. The molecule has 0 saturated carbocycles. The fraction of sp³-hybridized carbons (Fsp3) is 0.125. The van der Waals surface area contributed by atoms with E-state index in [0.29, 0.717) is 0 Å². The molecule has 0 aliphatic rings. The van der Waals surface area contributed by atoms with Gasteiger partial charge < -0.3 is 4.74 Å². The monoisotopic (exact) mass is 203 g/mol. The van der Waals surface area contributed by atoms with Crippen LogP contribution >= 0.6 is 11.6 Å². The van der Waals surface area contributed by atoms with Crippen LogP contribution in [0.2, 0.25) is 5.02 Å². The number of amides is 1. The van der Waals surface area contributed by atoms with Crippen molar-refractivity contribution in [3.05, 3.63) is 29.0 Å². The van der Waals surface area contributed by atoms with E-state index in [4.69, 9.17) is 11.6 Å². The van der Waals surface area contributed by atoms with E-state index in [-0.39, 0.29) is 10.7 Å². The highest BCUT2D eigenvalue weighted by Crippen LogP contribution is 2.24. The van der Waals surface area contributed by atoms with Gasteiger partial charge >= 0.3 is 6.09 Å². The van der Waals surface area contributed by atoms with Gasteiger partial charge in [0.2, 0.25) is 0 Å². The smallest absolute Gasteiger partial charge is 0.411 e. The van der Waals surface area contributed by atoms with Crippen molar-refractivity contribution in [2.75, 3.05) is 12.4 Å². The van der Waals surface area contributed by atoms with Crippen molar-refractivity contribution in [3.63, 3.8) is 0 Å². The average Bonchev–Trinajstić information content (AvgIpc) is 2.11. The van der Waals surface area contributed by atoms with Crippen LogP contribution in [0.25, 0.3) is 0 Å². The standard InChI is InChI=1S/C8H7ClFNO2/c1-13-8(12)11-7-5(9)3-2-4-6(7)10/h2-4H,1H3,(H,11,12). The van der Waals surface area contributed by atoms with Gasteiger partial charge in [0.15, 0.2) is 0 Å². The summed E-state index contributed by atoms with van der Waals surface area (Å²) in [7, 11) is 1.18. The summed E-state index contributed by atoms with van der Waals surface area (Å²) >= 11 is 5.62. The van der Waals surface area contributed by atoms with E-state index in [1.165, 1.54) is 25.3 Å². The number of benzene rings is 1. The first kappa shape index (κ1) is 9.80. The highest BCUT2D eigenvalue weighted by molar-refractivity contribution is 6.33. The molecule has 0 radical (unpaired) electrons. The Morgan fingerprint density at radius 3 is 2.85 bits per heavy atom. The minimum atomic E-state index is -0.757. The van der Waals surface area contributed by atoms with Gasteiger partial charge in [-0.3, -0.25) is 5.32 Å². The second kappa shape index (κ2) is 4.09. The van der Waals surface area contributed by atoms with Crippen molar-refractivity contribution in [1.82, 2.24) is 0 Å². The summed E-state index contributed by atoms with van der Waals surface area (Å²) in [6, 6.07) is 4.10. The van der Waals surface area contributed by atoms with Crippen molar-refractivity contribution in [2.24, 2.45) is 0 Å². The molecule has 0 saturated heterocycles. The zero-order valence-electron chi connectivity index (χ0n) is 6.80. The summed E-state index contributed by atoms with van der Waals surface area (Å²) in [5, 5.41) is 2.29. The first-order valence-corrected chi connectivity index (χ1v) is 3.82. The second-order valence-corrected chi connectivity index (χ2v) is 2.62. The Morgan fingerprint density at radius 2 is 2.31 bits per heavy atom. The molecule has 0 aliphatic heterocycles. The van der Waals surface area contributed by atoms with E-state index >= 15 is 0 Å². The summed E-state index contributed by atoms with van der Waals surface area (Å²) < 4.78 is 17.3. The van der Waals surface area contributed by atoms with Gasteiger partial charge in [-0.1, -0.05) is 17.7 Å². The Kier molecular flexibility index (Phi) is 3.08. The van der Waals surface area contributed by atoms with E-state index in [1.807, 2.05) is 0 Å². The first-order valence-electron chi connectivity index (χ1n) is 3.44. The molecule has 0 bridgehead atoms. The predicted molar refractivity (Wildman–Crippen MR) is 47.4 cm³/mol. The zero-order chi connectivity index (χ0) is 9.84. The molecule has 0 unspecified atom stereocenters. The van der Waals surface area contributed by atoms with Gasteiger partial charge in [0.05, 0.1) is 17.8 Å². The van der Waals surface area contributed by atoms with E-state index in [1.54, 1.807) is 0 Å². The van der Waals surface area contributed by atoms with Gasteiger partial charge in [-0.25, -0.2) is 9.18 Å². The minimum absolute atomic E-state index is 0.0731. The molecule has 13 heavy (non-hydrogen) atoms. The maximum atomic E-state index is 13.0. The van der Waals surface area contributed by atoms with Crippen LogP contribution in [-0.4, -0.2) is 13.2 Å². The summed E-state index contributed by atoms with van der Waals surface area (Å²) in [6.45, 7) is 0. The summed E-state index contributed by atoms with van der Waals surface area (Å²) in [6.07, 6.45) is -0.757. The molecule has 1 N–H and O–H groups in total. The number of nitrogens with one attached hydrogen (secondary N) is 1. The van der Waals surface area contributed by atoms with Gasteiger partial charge in [-0.15, -0.1) is 0 Å². The lowest BCUT2D eigenvalue weighted by atomic mass is 10.3. The highest BCUT2D eigenvalue weighted by Gasteiger charge is 2.09. The quantitative estimate of drug-likeness (QED) is 0.762. The summed E-state index contributed by atoms with van der Waals surface area (Å²) in [4.78, 5) is 10.7. The van der Waals surface area contributed by atoms with Crippen LogP contribution in [0.4, 0.5) is 14.9 Å². The fourth-order valence-electron chi connectivity index (χ4n) is 0.770. The largest absolute Gasteiger partial charge is 0.453 e. The maximum Gasteiger partial charge on any atom is 0.411 e.